The van der Waals surface area contributed by atoms with Gasteiger partial charge in [0, 0.05) is 23.7 Å². The Morgan fingerprint density at radius 2 is 2.38 bits per heavy atom. The second-order valence-electron chi connectivity index (χ2n) is 5.94. The Kier molecular flexibility index (Phi) is 3.01. The van der Waals surface area contributed by atoms with Gasteiger partial charge in [-0.15, -0.1) is 0 Å². The fourth-order valence-corrected chi connectivity index (χ4v) is 3.49. The van der Waals surface area contributed by atoms with Gasteiger partial charge in [0.15, 0.2) is 0 Å². The summed E-state index contributed by atoms with van der Waals surface area (Å²) in [6.45, 7) is 4.28. The summed E-state index contributed by atoms with van der Waals surface area (Å²) in [6, 6.07) is 2.02. The number of H-pyrrole nitrogens is 1. The molecule has 0 saturated carbocycles. The number of fused-ring (bicyclic) bond motifs is 3. The topological polar surface area (TPSA) is 70.2 Å². The molecular weight excluding hydrogens is 265 g/mol. The van der Waals surface area contributed by atoms with Crippen molar-refractivity contribution in [2.24, 2.45) is 11.8 Å². The number of nitrogens with one attached hydrogen (secondary N) is 2. The molecule has 4 heterocycles. The molecule has 2 aliphatic heterocycles. The van der Waals surface area contributed by atoms with Crippen molar-refractivity contribution in [3.8, 4) is 5.75 Å². The van der Waals surface area contributed by atoms with Crippen LogP contribution in [0.4, 0.5) is 0 Å². The Balaban J connectivity index is 1.88. The Bertz CT molecular complexity index is 712. The standard InChI is InChI=1S/C15H18BN3O2/c1-9-2-4-17-7-12(9)11-6-16(20)21-13-8-19-15-10(14(11)13)3-5-18-15/h3,5-6,8-9,12,17,20H,2,4,7H2,1H3,(H,18,19)/t9-,12+/m1/s1. The molecule has 0 amide bonds. The molecule has 0 aromatic carbocycles. The van der Waals surface area contributed by atoms with Crippen LogP contribution in [0.3, 0.4) is 0 Å². The highest BCUT2D eigenvalue weighted by Crippen LogP contribution is 2.42. The molecule has 3 N–H and O–H groups in total. The summed E-state index contributed by atoms with van der Waals surface area (Å²) in [5.41, 5.74) is 3.11. The minimum absolute atomic E-state index is 0.386. The highest BCUT2D eigenvalue weighted by Gasteiger charge is 2.33. The van der Waals surface area contributed by atoms with Crippen molar-refractivity contribution in [2.75, 3.05) is 13.1 Å². The Labute approximate surface area is 123 Å². The van der Waals surface area contributed by atoms with Gasteiger partial charge in [-0.2, -0.15) is 0 Å². The molecule has 0 unspecified atom stereocenters. The van der Waals surface area contributed by atoms with Crippen molar-refractivity contribution in [3.05, 3.63) is 30.0 Å². The lowest BCUT2D eigenvalue weighted by Crippen LogP contribution is -2.37. The summed E-state index contributed by atoms with van der Waals surface area (Å²) < 4.78 is 5.55. The maximum absolute atomic E-state index is 10.0. The first-order chi connectivity index (χ1) is 10.2. The summed E-state index contributed by atoms with van der Waals surface area (Å²) >= 11 is 0. The van der Waals surface area contributed by atoms with Crippen LogP contribution in [0.2, 0.25) is 0 Å². The van der Waals surface area contributed by atoms with Gasteiger partial charge < -0.3 is 20.0 Å². The predicted molar refractivity (Wildman–Crippen MR) is 82.8 cm³/mol. The van der Waals surface area contributed by atoms with E-state index in [1.54, 1.807) is 6.20 Å². The molecule has 2 aromatic rings. The van der Waals surface area contributed by atoms with Crippen molar-refractivity contribution >= 4 is 23.7 Å². The van der Waals surface area contributed by atoms with Crippen molar-refractivity contribution in [2.45, 2.75) is 13.3 Å². The van der Waals surface area contributed by atoms with Crippen LogP contribution in [0.25, 0.3) is 16.6 Å². The highest BCUT2D eigenvalue weighted by molar-refractivity contribution is 6.52. The van der Waals surface area contributed by atoms with Crippen molar-refractivity contribution in [3.63, 3.8) is 0 Å². The fraction of sp³-hybridized carbons (Fsp3) is 0.400. The van der Waals surface area contributed by atoms with Gasteiger partial charge in [-0.1, -0.05) is 6.92 Å². The number of rotatable bonds is 1. The van der Waals surface area contributed by atoms with Crippen molar-refractivity contribution in [1.82, 2.24) is 15.3 Å². The van der Waals surface area contributed by atoms with E-state index in [-0.39, 0.29) is 0 Å². The van der Waals surface area contributed by atoms with Gasteiger partial charge in [0.05, 0.1) is 6.20 Å². The SMILES string of the molecule is C[C@@H]1CCNC[C@@H]1C1=CB(O)Oc2cnc3[nH]ccc3c21. The molecule has 1 fully saturated rings. The minimum Gasteiger partial charge on any atom is -0.531 e. The largest absolute Gasteiger partial charge is 0.552 e. The van der Waals surface area contributed by atoms with Gasteiger partial charge in [-0.05, 0) is 42.4 Å². The lowest BCUT2D eigenvalue weighted by molar-refractivity contribution is 0.331. The first-order valence-corrected chi connectivity index (χ1v) is 7.47. The second kappa shape index (κ2) is 4.89. The van der Waals surface area contributed by atoms with Gasteiger partial charge in [0.1, 0.15) is 11.4 Å². The van der Waals surface area contributed by atoms with Crippen LogP contribution < -0.4 is 9.97 Å². The lowest BCUT2D eigenvalue weighted by Gasteiger charge is -2.34. The summed E-state index contributed by atoms with van der Waals surface area (Å²) in [5.74, 6) is 3.49. The predicted octanol–water partition coefficient (Wildman–Crippen LogP) is 1.60. The highest BCUT2D eigenvalue weighted by atomic mass is 16.5. The van der Waals surface area contributed by atoms with E-state index in [0.717, 1.165) is 36.1 Å². The molecule has 21 heavy (non-hydrogen) atoms. The van der Waals surface area contributed by atoms with Crippen LogP contribution in [0.5, 0.6) is 5.75 Å². The molecule has 5 nitrogen and oxygen atoms in total. The maximum atomic E-state index is 10.0. The molecule has 0 radical (unpaired) electrons. The van der Waals surface area contributed by atoms with E-state index in [1.165, 1.54) is 5.57 Å². The monoisotopic (exact) mass is 283 g/mol. The third-order valence-electron chi connectivity index (χ3n) is 4.64. The first-order valence-electron chi connectivity index (χ1n) is 7.47. The van der Waals surface area contributed by atoms with E-state index >= 15 is 0 Å². The number of pyridine rings is 1. The van der Waals surface area contributed by atoms with E-state index in [4.69, 9.17) is 4.65 Å². The Morgan fingerprint density at radius 1 is 1.48 bits per heavy atom. The summed E-state index contributed by atoms with van der Waals surface area (Å²) in [5, 5.41) is 14.5. The molecule has 2 aromatic heterocycles. The van der Waals surface area contributed by atoms with Crippen LogP contribution in [-0.2, 0) is 0 Å². The smallest absolute Gasteiger partial charge is 0.531 e. The average Bonchev–Trinajstić information content (AvgIpc) is 2.95. The number of hydrogen-bond donors (Lipinski definition) is 3. The summed E-state index contributed by atoms with van der Waals surface area (Å²) in [7, 11) is -0.889. The molecule has 0 aliphatic carbocycles. The van der Waals surface area contributed by atoms with Crippen LogP contribution in [0.15, 0.2) is 24.4 Å². The zero-order valence-corrected chi connectivity index (χ0v) is 12.0. The molecule has 2 atom stereocenters. The number of hydrogen-bond acceptors (Lipinski definition) is 4. The fourth-order valence-electron chi connectivity index (χ4n) is 3.49. The number of nitrogens with zero attached hydrogens (tertiary/aromatic N) is 1. The van der Waals surface area contributed by atoms with Gasteiger partial charge in [0.2, 0.25) is 0 Å². The van der Waals surface area contributed by atoms with Crippen LogP contribution in [-0.4, -0.2) is 35.2 Å². The van der Waals surface area contributed by atoms with Crippen LogP contribution in [0.1, 0.15) is 18.9 Å². The quantitative estimate of drug-likeness (QED) is 0.695. The van der Waals surface area contributed by atoms with Crippen molar-refractivity contribution in [1.29, 1.82) is 0 Å². The van der Waals surface area contributed by atoms with E-state index in [2.05, 4.69) is 22.2 Å². The third-order valence-corrected chi connectivity index (χ3v) is 4.64. The zero-order chi connectivity index (χ0) is 14.4. The first kappa shape index (κ1) is 12.9. The van der Waals surface area contributed by atoms with E-state index in [9.17, 15) is 5.02 Å². The zero-order valence-electron chi connectivity index (χ0n) is 12.0. The average molecular weight is 283 g/mol. The summed E-state index contributed by atoms with van der Waals surface area (Å²) in [6.07, 6.45) is 4.74. The number of aromatic amines is 1. The van der Waals surface area contributed by atoms with E-state index in [0.29, 0.717) is 17.6 Å². The van der Waals surface area contributed by atoms with Gasteiger partial charge in [0.25, 0.3) is 0 Å². The van der Waals surface area contributed by atoms with Crippen molar-refractivity contribution < 1.29 is 9.68 Å². The normalized spacial score (nSPS) is 25.4. The van der Waals surface area contributed by atoms with Gasteiger partial charge >= 0.3 is 7.12 Å². The lowest BCUT2D eigenvalue weighted by atomic mass is 9.72. The molecule has 0 spiro atoms. The molecule has 2 aliphatic rings. The molecule has 4 rings (SSSR count). The molecule has 0 bridgehead atoms. The van der Waals surface area contributed by atoms with Crippen LogP contribution >= 0.6 is 0 Å². The second-order valence-corrected chi connectivity index (χ2v) is 5.94. The summed E-state index contributed by atoms with van der Waals surface area (Å²) in [4.78, 5) is 7.50. The van der Waals surface area contributed by atoms with E-state index < -0.39 is 7.12 Å². The molecule has 6 heteroatoms. The molecule has 1 saturated heterocycles. The Hall–Kier alpha value is -1.79. The minimum atomic E-state index is -0.889. The molecule has 108 valence electrons. The maximum Gasteiger partial charge on any atom is 0.552 e. The third kappa shape index (κ3) is 2.06. The van der Waals surface area contributed by atoms with Crippen LogP contribution in [0, 0.1) is 11.8 Å². The molecular formula is C15H18BN3O2. The van der Waals surface area contributed by atoms with E-state index in [1.807, 2.05) is 18.2 Å². The van der Waals surface area contributed by atoms with Gasteiger partial charge in [-0.3, -0.25) is 0 Å². The number of piperidine rings is 1. The Morgan fingerprint density at radius 3 is 3.24 bits per heavy atom. The van der Waals surface area contributed by atoms with Gasteiger partial charge in [-0.25, -0.2) is 4.98 Å². The number of aromatic nitrogens is 2.